The SMILES string of the molecule is O=C(Nc1nc2c(s1)CC(N1CCOCC1)CC2)c1ccccc1. The lowest BCUT2D eigenvalue weighted by Gasteiger charge is -2.36. The lowest BCUT2D eigenvalue weighted by Crippen LogP contribution is -2.45. The van der Waals surface area contributed by atoms with E-state index >= 15 is 0 Å². The summed E-state index contributed by atoms with van der Waals surface area (Å²) in [6.45, 7) is 3.72. The van der Waals surface area contributed by atoms with E-state index in [9.17, 15) is 4.79 Å². The van der Waals surface area contributed by atoms with Gasteiger partial charge in [-0.2, -0.15) is 0 Å². The molecule has 2 aliphatic rings. The third-order valence-corrected chi connectivity index (χ3v) is 5.77. The molecule has 5 nitrogen and oxygen atoms in total. The van der Waals surface area contributed by atoms with Gasteiger partial charge in [0.1, 0.15) is 0 Å². The molecule has 1 aromatic heterocycles. The second-order valence-electron chi connectivity index (χ2n) is 6.25. The molecule has 0 radical (unpaired) electrons. The van der Waals surface area contributed by atoms with Crippen LogP contribution in [0.1, 0.15) is 27.3 Å². The van der Waals surface area contributed by atoms with Crippen LogP contribution in [0.3, 0.4) is 0 Å². The Balaban J connectivity index is 1.43. The van der Waals surface area contributed by atoms with E-state index in [1.807, 2.05) is 30.3 Å². The number of rotatable bonds is 3. The van der Waals surface area contributed by atoms with Crippen LogP contribution in [0.5, 0.6) is 0 Å². The van der Waals surface area contributed by atoms with Crippen molar-refractivity contribution in [2.24, 2.45) is 0 Å². The van der Waals surface area contributed by atoms with Gasteiger partial charge in [0.15, 0.2) is 5.13 Å². The third-order valence-electron chi connectivity index (χ3n) is 4.73. The van der Waals surface area contributed by atoms with Crippen molar-refractivity contribution in [3.05, 3.63) is 46.5 Å². The molecule has 1 N–H and O–H groups in total. The smallest absolute Gasteiger partial charge is 0.257 e. The highest BCUT2D eigenvalue weighted by atomic mass is 32.1. The van der Waals surface area contributed by atoms with Crippen molar-refractivity contribution in [3.63, 3.8) is 0 Å². The molecule has 1 amide bonds. The van der Waals surface area contributed by atoms with Gasteiger partial charge in [0.2, 0.25) is 0 Å². The van der Waals surface area contributed by atoms with Crippen molar-refractivity contribution in [3.8, 4) is 0 Å². The number of hydrogen-bond donors (Lipinski definition) is 1. The number of fused-ring (bicyclic) bond motifs is 1. The van der Waals surface area contributed by atoms with Crippen molar-refractivity contribution >= 4 is 22.4 Å². The van der Waals surface area contributed by atoms with E-state index in [4.69, 9.17) is 4.74 Å². The summed E-state index contributed by atoms with van der Waals surface area (Å²) < 4.78 is 5.45. The molecule has 126 valence electrons. The third kappa shape index (κ3) is 3.36. The Hall–Kier alpha value is -1.76. The van der Waals surface area contributed by atoms with Gasteiger partial charge in [-0.05, 0) is 31.4 Å². The van der Waals surface area contributed by atoms with Gasteiger partial charge >= 0.3 is 0 Å². The average molecular weight is 343 g/mol. The molecule has 1 aliphatic carbocycles. The molecule has 1 saturated heterocycles. The topological polar surface area (TPSA) is 54.5 Å². The zero-order valence-corrected chi connectivity index (χ0v) is 14.3. The summed E-state index contributed by atoms with van der Waals surface area (Å²) in [5, 5.41) is 3.66. The van der Waals surface area contributed by atoms with Crippen molar-refractivity contribution in [1.82, 2.24) is 9.88 Å². The maximum Gasteiger partial charge on any atom is 0.257 e. The number of aryl methyl sites for hydroxylation is 1. The molecular formula is C18H21N3O2S. The summed E-state index contributed by atoms with van der Waals surface area (Å²) in [7, 11) is 0. The molecular weight excluding hydrogens is 322 g/mol. The van der Waals surface area contributed by atoms with Crippen LogP contribution < -0.4 is 5.32 Å². The van der Waals surface area contributed by atoms with Crippen LogP contribution >= 0.6 is 11.3 Å². The molecule has 4 rings (SSSR count). The van der Waals surface area contributed by atoms with Crippen molar-refractivity contribution in [2.45, 2.75) is 25.3 Å². The van der Waals surface area contributed by atoms with E-state index in [1.165, 1.54) is 4.88 Å². The molecule has 1 unspecified atom stereocenters. The maximum absolute atomic E-state index is 12.3. The van der Waals surface area contributed by atoms with Crippen molar-refractivity contribution in [2.75, 3.05) is 31.6 Å². The van der Waals surface area contributed by atoms with Gasteiger partial charge in [-0.15, -0.1) is 11.3 Å². The number of thiazole rings is 1. The monoisotopic (exact) mass is 343 g/mol. The first-order valence-corrected chi connectivity index (χ1v) is 9.28. The van der Waals surface area contributed by atoms with E-state index in [1.54, 1.807) is 11.3 Å². The first-order chi connectivity index (χ1) is 11.8. The highest BCUT2D eigenvalue weighted by Crippen LogP contribution is 2.32. The number of hydrogen-bond acceptors (Lipinski definition) is 5. The van der Waals surface area contributed by atoms with Gasteiger partial charge < -0.3 is 4.74 Å². The Morgan fingerprint density at radius 2 is 2.04 bits per heavy atom. The number of carbonyl (C=O) groups excluding carboxylic acids is 1. The molecule has 0 bridgehead atoms. The van der Waals surface area contributed by atoms with Gasteiger partial charge in [-0.3, -0.25) is 15.0 Å². The molecule has 2 heterocycles. The second kappa shape index (κ2) is 7.01. The number of aromatic nitrogens is 1. The lowest BCUT2D eigenvalue weighted by molar-refractivity contribution is 0.0139. The van der Waals surface area contributed by atoms with Crippen LogP contribution in [0.4, 0.5) is 5.13 Å². The van der Waals surface area contributed by atoms with Gasteiger partial charge in [0, 0.05) is 29.6 Å². The van der Waals surface area contributed by atoms with E-state index < -0.39 is 0 Å². The minimum atomic E-state index is -0.0913. The summed E-state index contributed by atoms with van der Waals surface area (Å²) in [4.78, 5) is 20.8. The van der Waals surface area contributed by atoms with Gasteiger partial charge in [-0.1, -0.05) is 18.2 Å². The van der Waals surface area contributed by atoms with Crippen LogP contribution in [-0.4, -0.2) is 48.1 Å². The van der Waals surface area contributed by atoms with Crippen LogP contribution in [0.2, 0.25) is 0 Å². The zero-order valence-electron chi connectivity index (χ0n) is 13.5. The molecule has 1 aliphatic heterocycles. The summed E-state index contributed by atoms with van der Waals surface area (Å²) >= 11 is 1.63. The summed E-state index contributed by atoms with van der Waals surface area (Å²) in [6, 6.07) is 9.86. The van der Waals surface area contributed by atoms with E-state index in [0.29, 0.717) is 11.6 Å². The molecule has 24 heavy (non-hydrogen) atoms. The standard InChI is InChI=1S/C18H21N3O2S/c22-17(13-4-2-1-3-5-13)20-18-19-15-7-6-14(12-16(15)24-18)21-8-10-23-11-9-21/h1-5,14H,6-12H2,(H,19,20,22). The van der Waals surface area contributed by atoms with E-state index in [-0.39, 0.29) is 5.91 Å². The first-order valence-electron chi connectivity index (χ1n) is 8.46. The number of nitrogens with zero attached hydrogens (tertiary/aromatic N) is 2. The molecule has 2 aromatic rings. The molecule has 0 saturated carbocycles. The number of carbonyl (C=O) groups is 1. The Morgan fingerprint density at radius 1 is 1.25 bits per heavy atom. The minimum absolute atomic E-state index is 0.0913. The highest BCUT2D eigenvalue weighted by molar-refractivity contribution is 7.15. The normalized spacial score (nSPS) is 21.2. The summed E-state index contributed by atoms with van der Waals surface area (Å²) in [6.07, 6.45) is 3.17. The van der Waals surface area contributed by atoms with Gasteiger partial charge in [-0.25, -0.2) is 4.98 Å². The Labute approximate surface area is 145 Å². The highest BCUT2D eigenvalue weighted by Gasteiger charge is 2.28. The minimum Gasteiger partial charge on any atom is -0.379 e. The quantitative estimate of drug-likeness (QED) is 0.931. The number of anilines is 1. The van der Waals surface area contributed by atoms with Gasteiger partial charge in [0.05, 0.1) is 18.9 Å². The average Bonchev–Trinajstić information content (AvgIpc) is 3.04. The Bertz CT molecular complexity index is 710. The fourth-order valence-corrected chi connectivity index (χ4v) is 4.50. The predicted octanol–water partition coefficient (Wildman–Crippen LogP) is 2.58. The fraction of sp³-hybridized carbons (Fsp3) is 0.444. The van der Waals surface area contributed by atoms with Crippen LogP contribution in [0.15, 0.2) is 30.3 Å². The molecule has 6 heteroatoms. The predicted molar refractivity (Wildman–Crippen MR) is 94.7 cm³/mol. The Kier molecular flexibility index (Phi) is 4.60. The number of nitrogens with one attached hydrogen (secondary N) is 1. The first kappa shape index (κ1) is 15.7. The van der Waals surface area contributed by atoms with Crippen LogP contribution in [0, 0.1) is 0 Å². The maximum atomic E-state index is 12.3. The molecule has 0 spiro atoms. The number of morpholine rings is 1. The molecule has 1 atom stereocenters. The lowest BCUT2D eigenvalue weighted by atomic mass is 9.96. The second-order valence-corrected chi connectivity index (χ2v) is 7.34. The Morgan fingerprint density at radius 3 is 2.83 bits per heavy atom. The number of benzene rings is 1. The van der Waals surface area contributed by atoms with Crippen LogP contribution in [-0.2, 0) is 17.6 Å². The summed E-state index contributed by atoms with van der Waals surface area (Å²) in [5.74, 6) is -0.0913. The molecule has 1 fully saturated rings. The van der Waals surface area contributed by atoms with E-state index in [0.717, 1.165) is 56.4 Å². The zero-order chi connectivity index (χ0) is 16.4. The fourth-order valence-electron chi connectivity index (χ4n) is 3.42. The van der Waals surface area contributed by atoms with Crippen LogP contribution in [0.25, 0.3) is 0 Å². The summed E-state index contributed by atoms with van der Waals surface area (Å²) in [5.41, 5.74) is 1.82. The van der Waals surface area contributed by atoms with Crippen molar-refractivity contribution < 1.29 is 9.53 Å². The largest absolute Gasteiger partial charge is 0.379 e. The van der Waals surface area contributed by atoms with Crippen molar-refractivity contribution in [1.29, 1.82) is 0 Å². The van der Waals surface area contributed by atoms with E-state index in [2.05, 4.69) is 15.2 Å². The number of ether oxygens (including phenoxy) is 1. The van der Waals surface area contributed by atoms with Gasteiger partial charge in [0.25, 0.3) is 5.91 Å². The number of amides is 1. The molecule has 1 aromatic carbocycles.